The van der Waals surface area contributed by atoms with Crippen LogP contribution in [0, 0.1) is 20.8 Å². The van der Waals surface area contributed by atoms with E-state index in [0.717, 1.165) is 48.4 Å². The third-order valence-corrected chi connectivity index (χ3v) is 6.97. The normalized spacial score (nSPS) is 21.5. The number of halogens is 1. The molecule has 2 fully saturated rings. The first-order chi connectivity index (χ1) is 15.3. The minimum absolute atomic E-state index is 0.126. The Morgan fingerprint density at radius 2 is 1.81 bits per heavy atom. The number of likely N-dealkylation sites (tertiary alicyclic amines) is 2. The average Bonchev–Trinajstić information content (AvgIpc) is 3.18. The maximum absolute atomic E-state index is 13.2. The predicted octanol–water partition coefficient (Wildman–Crippen LogP) is 4.50. The van der Waals surface area contributed by atoms with Crippen LogP contribution in [0.3, 0.4) is 0 Å². The smallest absolute Gasteiger partial charge is 0.295 e. The highest BCUT2D eigenvalue weighted by Gasteiger charge is 2.46. The zero-order valence-corrected chi connectivity index (χ0v) is 19.6. The molecular weight excluding hydrogens is 426 g/mol. The Morgan fingerprint density at radius 3 is 2.44 bits per heavy atom. The van der Waals surface area contributed by atoms with Gasteiger partial charge in [0.05, 0.1) is 11.6 Å². The predicted molar refractivity (Wildman–Crippen MR) is 126 cm³/mol. The van der Waals surface area contributed by atoms with Crippen LogP contribution in [0.4, 0.5) is 0 Å². The van der Waals surface area contributed by atoms with Gasteiger partial charge < -0.3 is 19.9 Å². The minimum Gasteiger partial charge on any atom is -0.507 e. The fourth-order valence-electron chi connectivity index (χ4n) is 4.96. The van der Waals surface area contributed by atoms with Crippen LogP contribution in [0.25, 0.3) is 5.76 Å². The molecule has 6 nitrogen and oxygen atoms in total. The maximum Gasteiger partial charge on any atom is 0.295 e. The molecule has 170 valence electrons. The molecule has 1 unspecified atom stereocenters. The van der Waals surface area contributed by atoms with Crippen molar-refractivity contribution in [3.05, 3.63) is 62.9 Å². The number of aliphatic hydroxyl groups is 1. The summed E-state index contributed by atoms with van der Waals surface area (Å²) in [6.45, 7) is 8.81. The molecule has 1 aromatic carbocycles. The first kappa shape index (κ1) is 22.6. The number of aliphatic hydroxyl groups excluding tert-OH is 1. The molecule has 2 aliphatic rings. The van der Waals surface area contributed by atoms with E-state index in [-0.39, 0.29) is 11.3 Å². The van der Waals surface area contributed by atoms with Gasteiger partial charge in [-0.25, -0.2) is 0 Å². The highest BCUT2D eigenvalue weighted by molar-refractivity contribution is 6.46. The van der Waals surface area contributed by atoms with E-state index in [4.69, 9.17) is 11.6 Å². The zero-order valence-electron chi connectivity index (χ0n) is 18.9. The largest absolute Gasteiger partial charge is 0.507 e. The second-order valence-corrected chi connectivity index (χ2v) is 9.26. The van der Waals surface area contributed by atoms with E-state index in [0.29, 0.717) is 23.7 Å². The third-order valence-electron chi connectivity index (χ3n) is 6.73. The summed E-state index contributed by atoms with van der Waals surface area (Å²) in [5, 5.41) is 11.9. The van der Waals surface area contributed by atoms with E-state index in [1.165, 1.54) is 6.42 Å². The minimum atomic E-state index is -0.674. The summed E-state index contributed by atoms with van der Waals surface area (Å²) in [6.07, 6.45) is 3.54. The van der Waals surface area contributed by atoms with Gasteiger partial charge in [0.1, 0.15) is 5.76 Å². The van der Waals surface area contributed by atoms with E-state index in [1.54, 1.807) is 23.1 Å². The molecule has 0 radical (unpaired) electrons. The molecule has 4 rings (SSSR count). The lowest BCUT2D eigenvalue weighted by Gasteiger charge is -2.31. The molecule has 1 atom stereocenters. The number of nitrogens with zero attached hydrogens (tertiary/aromatic N) is 2. The van der Waals surface area contributed by atoms with Gasteiger partial charge in [0.15, 0.2) is 0 Å². The van der Waals surface area contributed by atoms with Crippen LogP contribution >= 0.6 is 11.6 Å². The lowest BCUT2D eigenvalue weighted by atomic mass is 9.94. The Morgan fingerprint density at radius 1 is 1.09 bits per heavy atom. The monoisotopic (exact) mass is 455 g/mol. The number of aromatic nitrogens is 1. The molecule has 2 aliphatic heterocycles. The van der Waals surface area contributed by atoms with Crippen molar-refractivity contribution in [2.24, 2.45) is 0 Å². The van der Waals surface area contributed by atoms with Gasteiger partial charge in [-0.2, -0.15) is 0 Å². The molecule has 2 N–H and O–H groups in total. The number of carbonyl (C=O) groups is 2. The first-order valence-electron chi connectivity index (χ1n) is 11.2. The molecule has 0 aliphatic carbocycles. The summed E-state index contributed by atoms with van der Waals surface area (Å²) < 4.78 is 0. The first-order valence-corrected chi connectivity index (χ1v) is 11.6. The number of hydrogen-bond acceptors (Lipinski definition) is 4. The van der Waals surface area contributed by atoms with Crippen molar-refractivity contribution in [1.82, 2.24) is 14.8 Å². The van der Waals surface area contributed by atoms with Crippen molar-refractivity contribution in [1.29, 1.82) is 0 Å². The molecule has 0 bridgehead atoms. The Kier molecular flexibility index (Phi) is 6.45. The molecule has 2 saturated heterocycles. The maximum atomic E-state index is 13.2. The Bertz CT molecular complexity index is 1080. The number of rotatable bonds is 5. The summed E-state index contributed by atoms with van der Waals surface area (Å²) in [5.41, 5.74) is 3.98. The Balaban J connectivity index is 1.79. The van der Waals surface area contributed by atoms with Crippen molar-refractivity contribution in [3.8, 4) is 0 Å². The van der Waals surface area contributed by atoms with Crippen LogP contribution in [-0.4, -0.2) is 57.8 Å². The number of aryl methyl sites for hydroxylation is 2. The Labute approximate surface area is 193 Å². The summed E-state index contributed by atoms with van der Waals surface area (Å²) >= 11 is 6.26. The van der Waals surface area contributed by atoms with E-state index >= 15 is 0 Å². The van der Waals surface area contributed by atoms with E-state index in [2.05, 4.69) is 9.88 Å². The van der Waals surface area contributed by atoms with Crippen LogP contribution < -0.4 is 0 Å². The van der Waals surface area contributed by atoms with Gasteiger partial charge in [-0.1, -0.05) is 30.2 Å². The van der Waals surface area contributed by atoms with Gasteiger partial charge in [0.25, 0.3) is 11.7 Å². The molecule has 0 spiro atoms. The lowest BCUT2D eigenvalue weighted by molar-refractivity contribution is -0.140. The second kappa shape index (κ2) is 9.12. The van der Waals surface area contributed by atoms with Gasteiger partial charge in [-0.05, 0) is 70.0 Å². The summed E-state index contributed by atoms with van der Waals surface area (Å²) in [4.78, 5) is 33.5. The summed E-state index contributed by atoms with van der Waals surface area (Å²) in [6, 6.07) is 6.51. The van der Waals surface area contributed by atoms with E-state index in [1.807, 2.05) is 26.8 Å². The fraction of sp³-hybridized carbons (Fsp3) is 0.440. The molecule has 2 aromatic rings. The van der Waals surface area contributed by atoms with Gasteiger partial charge in [0.2, 0.25) is 0 Å². The number of H-pyrrole nitrogens is 1. The van der Waals surface area contributed by atoms with Crippen LogP contribution in [-0.2, 0) is 9.59 Å². The number of benzene rings is 1. The van der Waals surface area contributed by atoms with Gasteiger partial charge in [-0.15, -0.1) is 0 Å². The van der Waals surface area contributed by atoms with Crippen LogP contribution in [0.2, 0.25) is 5.02 Å². The number of amides is 1. The van der Waals surface area contributed by atoms with Crippen molar-refractivity contribution >= 4 is 29.1 Å². The van der Waals surface area contributed by atoms with Gasteiger partial charge in [-0.3, -0.25) is 9.59 Å². The fourth-order valence-corrected chi connectivity index (χ4v) is 5.16. The number of ketones is 1. The van der Waals surface area contributed by atoms with Crippen molar-refractivity contribution in [2.45, 2.75) is 46.1 Å². The molecule has 3 heterocycles. The topological polar surface area (TPSA) is 76.6 Å². The van der Waals surface area contributed by atoms with Gasteiger partial charge in [0, 0.05) is 35.1 Å². The average molecular weight is 456 g/mol. The van der Waals surface area contributed by atoms with Crippen LogP contribution in [0.5, 0.6) is 0 Å². The van der Waals surface area contributed by atoms with Crippen LogP contribution in [0.15, 0.2) is 29.8 Å². The quantitative estimate of drug-likeness (QED) is 0.395. The summed E-state index contributed by atoms with van der Waals surface area (Å²) in [7, 11) is 0. The molecule has 1 aromatic heterocycles. The van der Waals surface area contributed by atoms with Crippen molar-refractivity contribution in [2.75, 3.05) is 26.2 Å². The lowest BCUT2D eigenvalue weighted by Crippen LogP contribution is -2.39. The number of hydrogen-bond donors (Lipinski definition) is 2. The molecule has 32 heavy (non-hydrogen) atoms. The number of nitrogens with one attached hydrogen (secondary N) is 1. The van der Waals surface area contributed by atoms with Gasteiger partial charge >= 0.3 is 0 Å². The molecular formula is C25H30ClN3O3. The zero-order chi connectivity index (χ0) is 23.0. The molecule has 1 amide bonds. The third kappa shape index (κ3) is 4.09. The second-order valence-electron chi connectivity index (χ2n) is 8.82. The van der Waals surface area contributed by atoms with Crippen molar-refractivity contribution < 1.29 is 14.7 Å². The number of aromatic amines is 1. The highest BCUT2D eigenvalue weighted by atomic mass is 35.5. The van der Waals surface area contributed by atoms with E-state index < -0.39 is 17.7 Å². The molecule has 7 heteroatoms. The Hall–Kier alpha value is -2.57. The van der Waals surface area contributed by atoms with Crippen molar-refractivity contribution in [3.63, 3.8) is 0 Å². The number of Topliss-reactive ketones (excluding diaryl/α,β-unsaturated/α-hetero) is 1. The highest BCUT2D eigenvalue weighted by Crippen LogP contribution is 2.41. The van der Waals surface area contributed by atoms with E-state index in [9.17, 15) is 14.7 Å². The summed E-state index contributed by atoms with van der Waals surface area (Å²) in [5.74, 6) is -1.35. The molecule has 0 saturated carbocycles. The standard InChI is InChI=1S/C25H30ClN3O3/c1-15-16(2)27-17(3)20(15)23(30)21-22(18-8-7-9-19(26)14-18)29(25(32)24(21)31)13-12-28-10-5-4-6-11-28/h7-9,14,22,27,30H,4-6,10-13H2,1-3H3/b23-21+. The SMILES string of the molecule is Cc1[nH]c(C)c(/C(O)=C2\C(=O)C(=O)N(CCN3CCCCC3)C2c2cccc(Cl)c2)c1C. The number of carbonyl (C=O) groups excluding carboxylic acids is 2. The van der Waals surface area contributed by atoms with Crippen LogP contribution in [0.1, 0.15) is 53.4 Å². The number of piperidine rings is 1.